The van der Waals surface area contributed by atoms with Gasteiger partial charge in [0.15, 0.2) is 11.8 Å². The molecule has 0 radical (unpaired) electrons. The Labute approximate surface area is 124 Å². The number of fused-ring (bicyclic) bond motifs is 2. The standard InChI is InChI=1S/C14H23N5O2/c1-3-13-18-12(19-21-13)6-7-16-14(15-2)17-10-8-9-4-5-11(10)20-9/h9-11H,3-8H2,1-2H3,(H2,15,16,17). The molecule has 3 rings (SSSR count). The Morgan fingerprint density at radius 3 is 2.95 bits per heavy atom. The van der Waals surface area contributed by atoms with Gasteiger partial charge in [0.25, 0.3) is 0 Å². The van der Waals surface area contributed by atoms with Crippen LogP contribution in [0.15, 0.2) is 9.52 Å². The van der Waals surface area contributed by atoms with Crippen molar-refractivity contribution in [3.63, 3.8) is 0 Å². The van der Waals surface area contributed by atoms with Gasteiger partial charge in [0.1, 0.15) is 0 Å². The van der Waals surface area contributed by atoms with Gasteiger partial charge in [0, 0.05) is 26.4 Å². The van der Waals surface area contributed by atoms with E-state index in [1.54, 1.807) is 7.05 Å². The van der Waals surface area contributed by atoms with Gasteiger partial charge in [0.05, 0.1) is 18.2 Å². The van der Waals surface area contributed by atoms with Gasteiger partial charge in [-0.15, -0.1) is 0 Å². The molecular weight excluding hydrogens is 270 g/mol. The Morgan fingerprint density at radius 1 is 1.43 bits per heavy atom. The van der Waals surface area contributed by atoms with Crippen LogP contribution >= 0.6 is 0 Å². The van der Waals surface area contributed by atoms with E-state index >= 15 is 0 Å². The molecule has 0 aromatic carbocycles. The molecule has 0 aliphatic carbocycles. The lowest BCUT2D eigenvalue weighted by Crippen LogP contribution is -2.47. The Morgan fingerprint density at radius 2 is 2.33 bits per heavy atom. The molecule has 3 heterocycles. The molecule has 0 saturated carbocycles. The van der Waals surface area contributed by atoms with E-state index in [1.807, 2.05) is 6.92 Å². The van der Waals surface area contributed by atoms with E-state index in [9.17, 15) is 0 Å². The maximum Gasteiger partial charge on any atom is 0.226 e. The van der Waals surface area contributed by atoms with Gasteiger partial charge in [-0.25, -0.2) is 0 Å². The lowest BCUT2D eigenvalue weighted by Gasteiger charge is -2.22. The normalized spacial score (nSPS) is 28.1. The third kappa shape index (κ3) is 3.34. The average Bonchev–Trinajstić information content (AvgIpc) is 3.22. The molecule has 2 saturated heterocycles. The van der Waals surface area contributed by atoms with Crippen molar-refractivity contribution in [2.75, 3.05) is 13.6 Å². The van der Waals surface area contributed by atoms with Crippen molar-refractivity contribution < 1.29 is 9.26 Å². The fraction of sp³-hybridized carbons (Fsp3) is 0.786. The molecule has 7 heteroatoms. The number of aliphatic imine (C=N–C) groups is 1. The van der Waals surface area contributed by atoms with Crippen molar-refractivity contribution in [2.45, 2.75) is 57.3 Å². The van der Waals surface area contributed by atoms with Crippen LogP contribution in [0.4, 0.5) is 0 Å². The molecule has 1 aromatic rings. The van der Waals surface area contributed by atoms with Crippen molar-refractivity contribution in [3.05, 3.63) is 11.7 Å². The zero-order valence-corrected chi connectivity index (χ0v) is 12.6. The Bertz CT molecular complexity index is 501. The molecule has 3 unspecified atom stereocenters. The largest absolute Gasteiger partial charge is 0.373 e. The quantitative estimate of drug-likeness (QED) is 0.613. The summed E-state index contributed by atoms with van der Waals surface area (Å²) in [5, 5.41) is 10.7. The second kappa shape index (κ2) is 6.43. The van der Waals surface area contributed by atoms with E-state index < -0.39 is 0 Å². The van der Waals surface area contributed by atoms with E-state index in [0.29, 0.717) is 24.1 Å². The molecule has 1 aromatic heterocycles. The van der Waals surface area contributed by atoms with Gasteiger partial charge in [-0.05, 0) is 19.3 Å². The molecule has 2 aliphatic rings. The molecule has 116 valence electrons. The molecular formula is C14H23N5O2. The number of guanidine groups is 1. The van der Waals surface area contributed by atoms with Crippen molar-refractivity contribution in [2.24, 2.45) is 4.99 Å². The van der Waals surface area contributed by atoms with E-state index in [1.165, 1.54) is 6.42 Å². The number of aromatic nitrogens is 2. The van der Waals surface area contributed by atoms with Crippen molar-refractivity contribution in [3.8, 4) is 0 Å². The minimum Gasteiger partial charge on any atom is -0.373 e. The van der Waals surface area contributed by atoms with Crippen LogP contribution in [-0.4, -0.2) is 47.9 Å². The third-order valence-electron chi connectivity index (χ3n) is 4.11. The predicted octanol–water partition coefficient (Wildman–Crippen LogP) is 0.659. The van der Waals surface area contributed by atoms with Crippen LogP contribution in [0, 0.1) is 0 Å². The number of nitrogens with one attached hydrogen (secondary N) is 2. The highest BCUT2D eigenvalue weighted by atomic mass is 16.5. The molecule has 2 bridgehead atoms. The molecule has 2 N–H and O–H groups in total. The van der Waals surface area contributed by atoms with E-state index in [-0.39, 0.29) is 0 Å². The lowest BCUT2D eigenvalue weighted by atomic mass is 9.96. The smallest absolute Gasteiger partial charge is 0.226 e. The van der Waals surface area contributed by atoms with E-state index in [4.69, 9.17) is 9.26 Å². The van der Waals surface area contributed by atoms with Crippen molar-refractivity contribution in [1.29, 1.82) is 0 Å². The molecule has 2 fully saturated rings. The topological polar surface area (TPSA) is 84.6 Å². The second-order valence-corrected chi connectivity index (χ2v) is 5.57. The van der Waals surface area contributed by atoms with Crippen LogP contribution in [0.25, 0.3) is 0 Å². The van der Waals surface area contributed by atoms with Gasteiger partial charge in [-0.1, -0.05) is 12.1 Å². The summed E-state index contributed by atoms with van der Waals surface area (Å²) in [4.78, 5) is 8.55. The first kappa shape index (κ1) is 14.3. The van der Waals surface area contributed by atoms with E-state index in [2.05, 4.69) is 25.8 Å². The van der Waals surface area contributed by atoms with Gasteiger partial charge in [0.2, 0.25) is 5.89 Å². The number of ether oxygens (including phenoxy) is 1. The maximum atomic E-state index is 5.84. The SMILES string of the molecule is CCc1nc(CCNC(=NC)NC2CC3CCC2O3)no1. The minimum absolute atomic E-state index is 0.345. The molecule has 0 amide bonds. The van der Waals surface area contributed by atoms with Crippen LogP contribution in [0.5, 0.6) is 0 Å². The van der Waals surface area contributed by atoms with Crippen LogP contribution in [0.3, 0.4) is 0 Å². The first-order valence-corrected chi connectivity index (χ1v) is 7.72. The van der Waals surface area contributed by atoms with Crippen LogP contribution in [0.1, 0.15) is 37.9 Å². The Hall–Kier alpha value is -1.63. The van der Waals surface area contributed by atoms with Gasteiger partial charge >= 0.3 is 0 Å². The molecule has 21 heavy (non-hydrogen) atoms. The lowest BCUT2D eigenvalue weighted by molar-refractivity contribution is 0.0992. The van der Waals surface area contributed by atoms with Crippen LogP contribution < -0.4 is 10.6 Å². The Balaban J connectivity index is 1.42. The third-order valence-corrected chi connectivity index (χ3v) is 4.11. The molecule has 3 atom stereocenters. The minimum atomic E-state index is 0.345. The van der Waals surface area contributed by atoms with Crippen molar-refractivity contribution >= 4 is 5.96 Å². The summed E-state index contributed by atoms with van der Waals surface area (Å²) in [6.45, 7) is 2.72. The maximum absolute atomic E-state index is 5.84. The van der Waals surface area contributed by atoms with Gasteiger partial charge in [-0.3, -0.25) is 4.99 Å². The van der Waals surface area contributed by atoms with Crippen LogP contribution in [0.2, 0.25) is 0 Å². The number of hydrogen-bond donors (Lipinski definition) is 2. The summed E-state index contributed by atoms with van der Waals surface area (Å²) in [5.41, 5.74) is 0. The Kier molecular flexibility index (Phi) is 4.38. The summed E-state index contributed by atoms with van der Waals surface area (Å²) in [7, 11) is 1.78. The fourth-order valence-electron chi connectivity index (χ4n) is 2.99. The summed E-state index contributed by atoms with van der Waals surface area (Å²) >= 11 is 0. The number of hydrogen-bond acceptors (Lipinski definition) is 5. The zero-order chi connectivity index (χ0) is 14.7. The van der Waals surface area contributed by atoms with Gasteiger partial charge in [-0.2, -0.15) is 4.98 Å². The molecule has 0 spiro atoms. The highest BCUT2D eigenvalue weighted by Crippen LogP contribution is 2.34. The summed E-state index contributed by atoms with van der Waals surface area (Å²) in [6, 6.07) is 0.381. The number of aryl methyl sites for hydroxylation is 1. The summed E-state index contributed by atoms with van der Waals surface area (Å²) in [6.07, 6.45) is 5.71. The zero-order valence-electron chi connectivity index (χ0n) is 12.6. The number of rotatable bonds is 5. The first-order valence-electron chi connectivity index (χ1n) is 7.72. The summed E-state index contributed by atoms with van der Waals surface area (Å²) in [5.74, 6) is 2.24. The average molecular weight is 293 g/mol. The molecule has 2 aliphatic heterocycles. The first-order chi connectivity index (χ1) is 10.3. The monoisotopic (exact) mass is 293 g/mol. The van der Waals surface area contributed by atoms with E-state index in [0.717, 1.165) is 44.0 Å². The van der Waals surface area contributed by atoms with Crippen molar-refractivity contribution in [1.82, 2.24) is 20.8 Å². The summed E-state index contributed by atoms with van der Waals surface area (Å²) < 4.78 is 10.9. The highest BCUT2D eigenvalue weighted by Gasteiger charge is 2.41. The van der Waals surface area contributed by atoms with Gasteiger partial charge < -0.3 is 19.9 Å². The number of nitrogens with zero attached hydrogens (tertiary/aromatic N) is 3. The van der Waals surface area contributed by atoms with Crippen LogP contribution in [-0.2, 0) is 17.6 Å². The second-order valence-electron chi connectivity index (χ2n) is 5.57. The predicted molar refractivity (Wildman–Crippen MR) is 78.2 cm³/mol. The highest BCUT2D eigenvalue weighted by molar-refractivity contribution is 5.80. The fourth-order valence-corrected chi connectivity index (χ4v) is 2.99. The molecule has 7 nitrogen and oxygen atoms in total.